The van der Waals surface area contributed by atoms with Gasteiger partial charge in [-0.3, -0.25) is 19.5 Å². The minimum absolute atomic E-state index is 0.0511. The molecule has 0 aliphatic carbocycles. The number of thioether (sulfide) groups is 1. The summed E-state index contributed by atoms with van der Waals surface area (Å²) in [7, 11) is 1.33. The van der Waals surface area contributed by atoms with E-state index in [1.165, 1.54) is 18.9 Å². The van der Waals surface area contributed by atoms with Crippen molar-refractivity contribution in [2.45, 2.75) is 25.7 Å². The Balaban J connectivity index is 1.44. The van der Waals surface area contributed by atoms with Crippen LogP contribution in [0, 0.1) is 0 Å². The van der Waals surface area contributed by atoms with Crippen molar-refractivity contribution in [2.24, 2.45) is 0 Å². The Kier molecular flexibility index (Phi) is 8.52. The van der Waals surface area contributed by atoms with Crippen LogP contribution in [-0.2, 0) is 14.3 Å². The minimum Gasteiger partial charge on any atom is -0.465 e. The fourth-order valence-electron chi connectivity index (χ4n) is 3.07. The van der Waals surface area contributed by atoms with Gasteiger partial charge in [0.1, 0.15) is 4.32 Å². The van der Waals surface area contributed by atoms with E-state index in [9.17, 15) is 14.4 Å². The molecule has 2 aromatic rings. The number of benzene rings is 1. The van der Waals surface area contributed by atoms with Crippen molar-refractivity contribution in [3.63, 3.8) is 0 Å². The summed E-state index contributed by atoms with van der Waals surface area (Å²) in [4.78, 5) is 42.3. The monoisotopic (exact) mass is 469 g/mol. The molecule has 0 unspecified atom stereocenters. The van der Waals surface area contributed by atoms with Gasteiger partial charge in [-0.05, 0) is 48.7 Å². The number of hydrogen-bond acceptors (Lipinski definition) is 7. The molecule has 1 aromatic heterocycles. The van der Waals surface area contributed by atoms with Crippen LogP contribution in [0.2, 0.25) is 0 Å². The molecule has 0 bridgehead atoms. The molecule has 0 saturated carbocycles. The van der Waals surface area contributed by atoms with E-state index in [4.69, 9.17) is 12.2 Å². The number of pyridine rings is 1. The highest BCUT2D eigenvalue weighted by Crippen LogP contribution is 2.32. The maximum Gasteiger partial charge on any atom is 0.337 e. The summed E-state index contributed by atoms with van der Waals surface area (Å²) in [5.41, 5.74) is 1.94. The van der Waals surface area contributed by atoms with Crippen molar-refractivity contribution in [2.75, 3.05) is 19.0 Å². The van der Waals surface area contributed by atoms with Gasteiger partial charge in [-0.1, -0.05) is 42.5 Å². The molecular formula is C23H23N3O4S2. The van der Waals surface area contributed by atoms with Crippen LogP contribution in [0.4, 0.5) is 5.69 Å². The third-order valence-corrected chi connectivity index (χ3v) is 6.11. The summed E-state index contributed by atoms with van der Waals surface area (Å²) in [6, 6.07) is 10.4. The molecule has 0 atom stereocenters. The first-order valence-corrected chi connectivity index (χ1v) is 11.3. The third-order valence-electron chi connectivity index (χ3n) is 4.73. The van der Waals surface area contributed by atoms with E-state index in [0.717, 1.165) is 24.8 Å². The van der Waals surface area contributed by atoms with Crippen molar-refractivity contribution in [3.8, 4) is 0 Å². The second kappa shape index (κ2) is 11.5. The Hall–Kier alpha value is -3.04. The van der Waals surface area contributed by atoms with E-state index in [0.29, 0.717) is 33.4 Å². The summed E-state index contributed by atoms with van der Waals surface area (Å²) in [5, 5.41) is 2.81. The molecule has 1 aliphatic rings. The molecule has 1 aromatic carbocycles. The first-order valence-electron chi connectivity index (χ1n) is 10.1. The Labute approximate surface area is 196 Å². The zero-order valence-corrected chi connectivity index (χ0v) is 19.2. The average molecular weight is 470 g/mol. The highest BCUT2D eigenvalue weighted by molar-refractivity contribution is 8.26. The lowest BCUT2D eigenvalue weighted by atomic mass is 10.1. The number of hydrogen-bond donors (Lipinski definition) is 1. The smallest absolute Gasteiger partial charge is 0.337 e. The highest BCUT2D eigenvalue weighted by Gasteiger charge is 2.31. The van der Waals surface area contributed by atoms with Crippen LogP contribution >= 0.6 is 24.0 Å². The van der Waals surface area contributed by atoms with Crippen molar-refractivity contribution >= 4 is 57.8 Å². The van der Waals surface area contributed by atoms with Crippen LogP contribution < -0.4 is 5.32 Å². The van der Waals surface area contributed by atoms with Gasteiger partial charge in [0.05, 0.1) is 29.5 Å². The summed E-state index contributed by atoms with van der Waals surface area (Å²) < 4.78 is 5.22. The zero-order valence-electron chi connectivity index (χ0n) is 17.6. The van der Waals surface area contributed by atoms with Crippen LogP contribution in [0.1, 0.15) is 41.6 Å². The normalized spacial score (nSPS) is 14.7. The fourth-order valence-corrected chi connectivity index (χ4v) is 4.38. The number of nitrogens with one attached hydrogen (secondary N) is 1. The summed E-state index contributed by atoms with van der Waals surface area (Å²) in [6.45, 7) is 0.521. The van der Waals surface area contributed by atoms with Gasteiger partial charge in [0.25, 0.3) is 5.91 Å². The molecule has 1 saturated heterocycles. The van der Waals surface area contributed by atoms with E-state index in [1.54, 1.807) is 59.8 Å². The molecule has 1 aliphatic heterocycles. The second-order valence-electron chi connectivity index (χ2n) is 7.05. The lowest BCUT2D eigenvalue weighted by molar-refractivity contribution is -0.122. The predicted molar refractivity (Wildman–Crippen MR) is 129 cm³/mol. The highest BCUT2D eigenvalue weighted by atomic mass is 32.2. The number of thiocarbonyl (C=S) groups is 1. The van der Waals surface area contributed by atoms with Gasteiger partial charge >= 0.3 is 5.97 Å². The van der Waals surface area contributed by atoms with E-state index in [1.807, 2.05) is 0 Å². The molecule has 32 heavy (non-hydrogen) atoms. The molecule has 7 nitrogen and oxygen atoms in total. The van der Waals surface area contributed by atoms with E-state index in [2.05, 4.69) is 15.0 Å². The second-order valence-corrected chi connectivity index (χ2v) is 8.72. The molecule has 0 spiro atoms. The Morgan fingerprint density at radius 3 is 2.66 bits per heavy atom. The first-order chi connectivity index (χ1) is 15.5. The summed E-state index contributed by atoms with van der Waals surface area (Å²) in [6.07, 6.45) is 7.73. The van der Waals surface area contributed by atoms with Gasteiger partial charge in [-0.2, -0.15) is 0 Å². The van der Waals surface area contributed by atoms with Crippen LogP contribution in [0.15, 0.2) is 53.7 Å². The number of nitrogens with zero attached hydrogens (tertiary/aromatic N) is 2. The van der Waals surface area contributed by atoms with Crippen LogP contribution in [-0.4, -0.2) is 45.6 Å². The molecule has 1 fully saturated rings. The summed E-state index contributed by atoms with van der Waals surface area (Å²) in [5.74, 6) is -0.575. The Bertz CT molecular complexity index is 1020. The van der Waals surface area contributed by atoms with E-state index in [-0.39, 0.29) is 11.8 Å². The number of methoxy groups -OCH3 is 1. The van der Waals surface area contributed by atoms with E-state index >= 15 is 0 Å². The molecule has 9 heteroatoms. The quantitative estimate of drug-likeness (QED) is 0.254. The molecule has 2 amide bonds. The van der Waals surface area contributed by atoms with Crippen molar-refractivity contribution in [1.82, 2.24) is 9.88 Å². The molecule has 2 heterocycles. The maximum atomic E-state index is 12.7. The Morgan fingerprint density at radius 2 is 1.97 bits per heavy atom. The van der Waals surface area contributed by atoms with Crippen molar-refractivity contribution in [1.29, 1.82) is 0 Å². The molecular weight excluding hydrogens is 446 g/mol. The number of unbranched alkanes of at least 4 members (excludes halogenated alkanes) is 2. The molecule has 1 N–H and O–H groups in total. The number of rotatable bonds is 9. The van der Waals surface area contributed by atoms with Gasteiger partial charge < -0.3 is 10.1 Å². The topological polar surface area (TPSA) is 88.6 Å². The molecule has 3 rings (SSSR count). The van der Waals surface area contributed by atoms with Gasteiger partial charge in [-0.25, -0.2) is 4.79 Å². The van der Waals surface area contributed by atoms with Crippen LogP contribution in [0.5, 0.6) is 0 Å². The van der Waals surface area contributed by atoms with Gasteiger partial charge in [0.15, 0.2) is 0 Å². The average Bonchev–Trinajstić information content (AvgIpc) is 3.06. The SMILES string of the molecule is COC(=O)c1ccc(/C=C2\SC(=S)N(CCCCCC(=O)Nc3cccnc3)C2=O)cc1. The Morgan fingerprint density at radius 1 is 1.19 bits per heavy atom. The number of esters is 1. The maximum absolute atomic E-state index is 12.7. The fraction of sp³-hybridized carbons (Fsp3) is 0.261. The number of carbonyl (C=O) groups is 3. The summed E-state index contributed by atoms with van der Waals surface area (Å²) >= 11 is 6.64. The van der Waals surface area contributed by atoms with Crippen molar-refractivity contribution in [3.05, 3.63) is 64.8 Å². The van der Waals surface area contributed by atoms with Crippen molar-refractivity contribution < 1.29 is 19.1 Å². The third kappa shape index (κ3) is 6.48. The first kappa shape index (κ1) is 23.6. The number of ether oxygens (including phenoxy) is 1. The number of amides is 2. The van der Waals surface area contributed by atoms with E-state index < -0.39 is 5.97 Å². The van der Waals surface area contributed by atoms with Gasteiger partial charge in [-0.15, -0.1) is 0 Å². The predicted octanol–water partition coefficient (Wildman–Crippen LogP) is 4.27. The largest absolute Gasteiger partial charge is 0.465 e. The standard InChI is InChI=1S/C23H23N3O4S2/c1-30-22(29)17-10-8-16(9-11-17)14-19-21(28)26(23(31)32-19)13-4-2-3-7-20(27)25-18-6-5-12-24-15-18/h5-6,8-12,14-15H,2-4,7,13H2,1H3,(H,25,27)/b19-14-. The minimum atomic E-state index is -0.405. The van der Waals surface area contributed by atoms with Gasteiger partial charge in [0, 0.05) is 19.2 Å². The van der Waals surface area contributed by atoms with Crippen LogP contribution in [0.25, 0.3) is 6.08 Å². The zero-order chi connectivity index (χ0) is 22.9. The number of aromatic nitrogens is 1. The lowest BCUT2D eigenvalue weighted by Crippen LogP contribution is -2.29. The number of carbonyl (C=O) groups excluding carboxylic acids is 3. The number of anilines is 1. The lowest BCUT2D eigenvalue weighted by Gasteiger charge is -2.14. The van der Waals surface area contributed by atoms with Crippen LogP contribution in [0.3, 0.4) is 0 Å². The van der Waals surface area contributed by atoms with Gasteiger partial charge in [0.2, 0.25) is 5.91 Å². The molecule has 0 radical (unpaired) electrons. The molecule has 166 valence electrons.